The van der Waals surface area contributed by atoms with Gasteiger partial charge in [0.25, 0.3) is 5.91 Å². The van der Waals surface area contributed by atoms with E-state index in [4.69, 9.17) is 10.00 Å². The minimum Gasteiger partial charge on any atom is -0.482 e. The fourth-order valence-electron chi connectivity index (χ4n) is 2.78. The Labute approximate surface area is 177 Å². The smallest absolute Gasteiger partial charge is 0.460 e. The zero-order valence-corrected chi connectivity index (χ0v) is 17.0. The molecule has 1 N–H and O–H groups in total. The van der Waals surface area contributed by atoms with Gasteiger partial charge in [0.1, 0.15) is 11.8 Å². The number of halogens is 7. The number of alkyl halides is 7. The summed E-state index contributed by atoms with van der Waals surface area (Å²) in [7, 11) is 0. The van der Waals surface area contributed by atoms with Crippen LogP contribution in [0.15, 0.2) is 29.4 Å². The standard InChI is InChI=1S/C19H18F7N3O3/c1-15(2,3)13-8-16(31,17(20,21)18(22,23)19(24,25)26)29(28-13)14(30)10-32-12-7-5-4-6-11(12)9-27/h4-7,31H,8,10H2,1-3H3/t16-/m1/s1. The Bertz CT molecular complexity index is 964. The van der Waals surface area contributed by atoms with Gasteiger partial charge >= 0.3 is 18.0 Å². The SMILES string of the molecule is CC(C)(C)C1=NN(C(=O)COc2ccccc2C#N)[C@](O)(C(F)(F)C(F)(F)C(F)(F)F)C1. The molecule has 32 heavy (non-hydrogen) atoms. The normalized spacial score (nSPS) is 20.1. The Hall–Kier alpha value is -2.88. The highest BCUT2D eigenvalue weighted by atomic mass is 19.4. The molecule has 0 spiro atoms. The summed E-state index contributed by atoms with van der Waals surface area (Å²) in [4.78, 5) is 12.5. The first kappa shape index (κ1) is 25.4. The maximum atomic E-state index is 14.6. The predicted octanol–water partition coefficient (Wildman–Crippen LogP) is 4.09. The van der Waals surface area contributed by atoms with Crippen molar-refractivity contribution in [2.45, 2.75) is 50.9 Å². The topological polar surface area (TPSA) is 85.9 Å². The molecule has 1 aromatic rings. The number of aliphatic hydroxyl groups is 1. The molecule has 1 heterocycles. The quantitative estimate of drug-likeness (QED) is 0.659. The molecular formula is C19H18F7N3O3. The average Bonchev–Trinajstić information content (AvgIpc) is 3.05. The minimum absolute atomic E-state index is 0.0650. The lowest BCUT2D eigenvalue weighted by molar-refractivity contribution is -0.401. The number of hydrogen-bond donors (Lipinski definition) is 1. The van der Waals surface area contributed by atoms with E-state index in [0.717, 1.165) is 0 Å². The maximum absolute atomic E-state index is 14.6. The highest BCUT2D eigenvalue weighted by molar-refractivity contribution is 5.94. The van der Waals surface area contributed by atoms with Gasteiger partial charge in [0.15, 0.2) is 6.61 Å². The first-order valence-corrected chi connectivity index (χ1v) is 8.98. The number of benzene rings is 1. The van der Waals surface area contributed by atoms with Gasteiger partial charge in [0.05, 0.1) is 5.56 Å². The van der Waals surface area contributed by atoms with E-state index in [1.54, 1.807) is 6.07 Å². The van der Waals surface area contributed by atoms with Crippen molar-refractivity contribution < 1.29 is 45.4 Å². The summed E-state index contributed by atoms with van der Waals surface area (Å²) < 4.78 is 99.8. The van der Waals surface area contributed by atoms with E-state index >= 15 is 0 Å². The van der Waals surface area contributed by atoms with Gasteiger partial charge in [-0.05, 0) is 12.1 Å². The maximum Gasteiger partial charge on any atom is 0.460 e. The molecule has 176 valence electrons. The van der Waals surface area contributed by atoms with Crippen molar-refractivity contribution in [2.75, 3.05) is 6.61 Å². The number of para-hydroxylation sites is 1. The van der Waals surface area contributed by atoms with Crippen LogP contribution in [-0.4, -0.2) is 52.1 Å². The van der Waals surface area contributed by atoms with Gasteiger partial charge in [-0.3, -0.25) is 4.79 Å². The summed E-state index contributed by atoms with van der Waals surface area (Å²) in [5.74, 6) is -14.7. The number of rotatable bonds is 5. The molecule has 1 aliphatic heterocycles. The molecule has 1 atom stereocenters. The number of nitriles is 1. The third kappa shape index (κ3) is 4.11. The van der Waals surface area contributed by atoms with Crippen LogP contribution in [0.25, 0.3) is 0 Å². The molecule has 0 radical (unpaired) electrons. The van der Waals surface area contributed by atoms with Gasteiger partial charge in [-0.1, -0.05) is 32.9 Å². The van der Waals surface area contributed by atoms with E-state index in [9.17, 15) is 40.6 Å². The third-order valence-electron chi connectivity index (χ3n) is 4.70. The Morgan fingerprint density at radius 2 is 1.75 bits per heavy atom. The Kier molecular flexibility index (Phi) is 6.28. The molecule has 6 nitrogen and oxygen atoms in total. The molecule has 0 fully saturated rings. The molecule has 1 amide bonds. The Balaban J connectivity index is 2.46. The van der Waals surface area contributed by atoms with Gasteiger partial charge in [-0.2, -0.15) is 46.1 Å². The van der Waals surface area contributed by atoms with E-state index in [2.05, 4.69) is 5.10 Å². The van der Waals surface area contributed by atoms with Crippen molar-refractivity contribution in [1.82, 2.24) is 5.01 Å². The first-order valence-electron chi connectivity index (χ1n) is 8.98. The van der Waals surface area contributed by atoms with Crippen LogP contribution < -0.4 is 4.74 Å². The number of nitrogens with zero attached hydrogens (tertiary/aromatic N) is 3. The molecule has 0 saturated heterocycles. The van der Waals surface area contributed by atoms with Crippen LogP contribution in [0.4, 0.5) is 30.7 Å². The van der Waals surface area contributed by atoms with Crippen molar-refractivity contribution in [2.24, 2.45) is 10.5 Å². The molecule has 0 aliphatic carbocycles. The van der Waals surface area contributed by atoms with Gasteiger partial charge in [-0.25, -0.2) is 0 Å². The lowest BCUT2D eigenvalue weighted by Crippen LogP contribution is -2.69. The van der Waals surface area contributed by atoms with Crippen LogP contribution in [0.3, 0.4) is 0 Å². The summed E-state index contributed by atoms with van der Waals surface area (Å²) >= 11 is 0. The second-order valence-electron chi connectivity index (χ2n) is 8.04. The fraction of sp³-hybridized carbons (Fsp3) is 0.526. The molecule has 13 heteroatoms. The van der Waals surface area contributed by atoms with Crippen molar-refractivity contribution in [1.29, 1.82) is 5.26 Å². The van der Waals surface area contributed by atoms with E-state index in [1.165, 1.54) is 45.0 Å². The number of hydrogen-bond acceptors (Lipinski definition) is 5. The zero-order valence-electron chi connectivity index (χ0n) is 17.0. The monoisotopic (exact) mass is 469 g/mol. The predicted molar refractivity (Wildman–Crippen MR) is 95.9 cm³/mol. The summed E-state index contributed by atoms with van der Waals surface area (Å²) in [6.45, 7) is 2.94. The Morgan fingerprint density at radius 3 is 2.25 bits per heavy atom. The number of carbonyl (C=O) groups is 1. The fourth-order valence-corrected chi connectivity index (χ4v) is 2.78. The number of amides is 1. The largest absolute Gasteiger partial charge is 0.482 e. The second kappa shape index (κ2) is 7.91. The molecule has 0 saturated carbocycles. The van der Waals surface area contributed by atoms with Crippen LogP contribution >= 0.6 is 0 Å². The lowest BCUT2D eigenvalue weighted by atomic mass is 9.83. The molecule has 0 aromatic heterocycles. The first-order chi connectivity index (χ1) is 14.4. The molecule has 2 rings (SSSR count). The van der Waals surface area contributed by atoms with Crippen LogP contribution in [0.5, 0.6) is 5.75 Å². The van der Waals surface area contributed by atoms with Gasteiger partial charge in [0.2, 0.25) is 5.72 Å². The van der Waals surface area contributed by atoms with Crippen LogP contribution in [-0.2, 0) is 4.79 Å². The molecule has 0 bridgehead atoms. The van der Waals surface area contributed by atoms with Gasteiger partial charge < -0.3 is 9.84 Å². The molecule has 0 unspecified atom stereocenters. The summed E-state index contributed by atoms with van der Waals surface area (Å²) in [6.07, 6.45) is -8.19. The number of carbonyl (C=O) groups excluding carboxylic acids is 1. The summed E-state index contributed by atoms with van der Waals surface area (Å²) in [5, 5.41) is 22.4. The summed E-state index contributed by atoms with van der Waals surface area (Å²) in [5.41, 5.74) is -5.97. The van der Waals surface area contributed by atoms with Gasteiger partial charge in [0, 0.05) is 17.5 Å². The number of ether oxygens (including phenoxy) is 1. The van der Waals surface area contributed by atoms with Gasteiger partial charge in [-0.15, -0.1) is 0 Å². The molecule has 1 aliphatic rings. The van der Waals surface area contributed by atoms with E-state index in [-0.39, 0.29) is 11.3 Å². The molecule has 1 aromatic carbocycles. The van der Waals surface area contributed by atoms with Crippen molar-refractivity contribution in [3.8, 4) is 11.8 Å². The second-order valence-corrected chi connectivity index (χ2v) is 8.04. The van der Waals surface area contributed by atoms with E-state index in [1.807, 2.05) is 0 Å². The van der Waals surface area contributed by atoms with E-state index < -0.39 is 58.8 Å². The number of hydrazone groups is 1. The van der Waals surface area contributed by atoms with Crippen LogP contribution in [0, 0.1) is 16.7 Å². The zero-order chi connectivity index (χ0) is 24.8. The average molecular weight is 469 g/mol. The summed E-state index contributed by atoms with van der Waals surface area (Å²) in [6, 6.07) is 7.10. The Morgan fingerprint density at radius 1 is 1.19 bits per heavy atom. The van der Waals surface area contributed by atoms with Crippen molar-refractivity contribution in [3.05, 3.63) is 29.8 Å². The van der Waals surface area contributed by atoms with E-state index in [0.29, 0.717) is 0 Å². The third-order valence-corrected chi connectivity index (χ3v) is 4.70. The van der Waals surface area contributed by atoms with Crippen molar-refractivity contribution in [3.63, 3.8) is 0 Å². The molecular weight excluding hydrogens is 451 g/mol. The van der Waals surface area contributed by atoms with Crippen LogP contribution in [0.2, 0.25) is 0 Å². The van der Waals surface area contributed by atoms with Crippen molar-refractivity contribution >= 4 is 11.6 Å². The highest BCUT2D eigenvalue weighted by Gasteiger charge is 2.82. The lowest BCUT2D eigenvalue weighted by Gasteiger charge is -2.41. The minimum atomic E-state index is -6.73. The highest BCUT2D eigenvalue weighted by Crippen LogP contribution is 2.55. The van der Waals surface area contributed by atoms with Crippen LogP contribution in [0.1, 0.15) is 32.8 Å².